The van der Waals surface area contributed by atoms with Gasteiger partial charge in [-0.25, -0.2) is 13.2 Å². The molecule has 4 aromatic rings. The summed E-state index contributed by atoms with van der Waals surface area (Å²) in [5.74, 6) is -1.13. The summed E-state index contributed by atoms with van der Waals surface area (Å²) in [6.45, 7) is 0.324. The highest BCUT2D eigenvalue weighted by Gasteiger charge is 2.45. The molecule has 35 heavy (non-hydrogen) atoms. The molecule has 2 aromatic carbocycles. The van der Waals surface area contributed by atoms with Gasteiger partial charge >= 0.3 is 0 Å². The summed E-state index contributed by atoms with van der Waals surface area (Å²) >= 11 is 0. The number of amidine groups is 1. The Kier molecular flexibility index (Phi) is 4.82. The van der Waals surface area contributed by atoms with Gasteiger partial charge in [-0.3, -0.25) is 15.0 Å². The van der Waals surface area contributed by atoms with Gasteiger partial charge in [-0.15, -0.1) is 0 Å². The second kappa shape index (κ2) is 7.92. The van der Waals surface area contributed by atoms with Crippen molar-refractivity contribution in [2.75, 3.05) is 13.2 Å². The van der Waals surface area contributed by atoms with Crippen LogP contribution in [0, 0.1) is 17.5 Å². The van der Waals surface area contributed by atoms with E-state index in [2.05, 4.69) is 9.97 Å². The highest BCUT2D eigenvalue weighted by molar-refractivity contribution is 5.84. The monoisotopic (exact) mass is 474 g/mol. The van der Waals surface area contributed by atoms with Crippen molar-refractivity contribution >= 4 is 5.84 Å². The molecule has 6 nitrogen and oxygen atoms in total. The number of aliphatic imine (C=N–C) groups is 1. The van der Waals surface area contributed by atoms with Crippen LogP contribution in [0.15, 0.2) is 72.1 Å². The Morgan fingerprint density at radius 1 is 0.800 bits per heavy atom. The molecule has 0 unspecified atom stereocenters. The third-order valence-electron chi connectivity index (χ3n) is 6.11. The minimum atomic E-state index is -1.09. The second-order valence-corrected chi connectivity index (χ2v) is 8.36. The Balaban J connectivity index is 1.56. The zero-order chi connectivity index (χ0) is 24.2. The lowest BCUT2D eigenvalue weighted by atomic mass is 9.79. The lowest BCUT2D eigenvalue weighted by molar-refractivity contribution is 0.110. The van der Waals surface area contributed by atoms with Gasteiger partial charge in [0.2, 0.25) is 0 Å². The zero-order valence-corrected chi connectivity index (χ0v) is 18.1. The average Bonchev–Trinajstić information content (AvgIpc) is 2.86. The van der Waals surface area contributed by atoms with E-state index < -0.39 is 23.0 Å². The van der Waals surface area contributed by atoms with Gasteiger partial charge in [0.1, 0.15) is 29.5 Å². The van der Waals surface area contributed by atoms with Crippen LogP contribution in [0.2, 0.25) is 0 Å². The van der Waals surface area contributed by atoms with E-state index in [0.717, 1.165) is 18.3 Å². The minimum Gasteiger partial charge on any atom is -0.455 e. The summed E-state index contributed by atoms with van der Waals surface area (Å²) in [5.41, 5.74) is 8.39. The summed E-state index contributed by atoms with van der Waals surface area (Å²) < 4.78 is 53.2. The van der Waals surface area contributed by atoms with Crippen LogP contribution < -0.4 is 10.5 Å². The molecule has 9 heteroatoms. The van der Waals surface area contributed by atoms with Crippen molar-refractivity contribution in [2.24, 2.45) is 10.7 Å². The molecule has 0 amide bonds. The molecule has 2 aromatic heterocycles. The number of rotatable bonds is 2. The molecule has 6 rings (SSSR count). The van der Waals surface area contributed by atoms with E-state index in [1.54, 1.807) is 24.4 Å². The molecule has 0 fully saturated rings. The van der Waals surface area contributed by atoms with Crippen molar-refractivity contribution < 1.29 is 22.6 Å². The summed E-state index contributed by atoms with van der Waals surface area (Å²) in [6.07, 6.45) is 4.21. The Labute approximate surface area is 197 Å². The fourth-order valence-electron chi connectivity index (χ4n) is 4.50. The van der Waals surface area contributed by atoms with E-state index in [4.69, 9.17) is 20.2 Å². The first-order valence-corrected chi connectivity index (χ1v) is 10.7. The number of ether oxygens (including phenoxy) is 2. The second-order valence-electron chi connectivity index (χ2n) is 8.36. The van der Waals surface area contributed by atoms with E-state index in [-0.39, 0.29) is 13.2 Å². The van der Waals surface area contributed by atoms with Gasteiger partial charge in [-0.1, -0.05) is 6.07 Å². The van der Waals surface area contributed by atoms with Crippen molar-refractivity contribution in [1.82, 2.24) is 9.97 Å². The molecule has 0 bridgehead atoms. The molecule has 1 spiro atoms. The van der Waals surface area contributed by atoms with Gasteiger partial charge in [-0.2, -0.15) is 0 Å². The maximum absolute atomic E-state index is 13.9. The third-order valence-corrected chi connectivity index (χ3v) is 6.11. The van der Waals surface area contributed by atoms with Crippen molar-refractivity contribution in [1.29, 1.82) is 0 Å². The van der Waals surface area contributed by atoms with Crippen LogP contribution in [0.1, 0.15) is 11.1 Å². The van der Waals surface area contributed by atoms with E-state index in [9.17, 15) is 13.2 Å². The number of benzene rings is 2. The number of nitrogens with two attached hydrogens (primary N) is 1. The van der Waals surface area contributed by atoms with E-state index >= 15 is 0 Å². The molecule has 0 saturated heterocycles. The lowest BCUT2D eigenvalue weighted by Gasteiger charge is -2.39. The van der Waals surface area contributed by atoms with Gasteiger partial charge in [-0.05, 0) is 48.0 Å². The summed E-state index contributed by atoms with van der Waals surface area (Å²) in [5, 5.41) is 0. The Bertz CT molecular complexity index is 1520. The van der Waals surface area contributed by atoms with Gasteiger partial charge in [0.25, 0.3) is 0 Å². The Morgan fingerprint density at radius 3 is 2.43 bits per heavy atom. The molecule has 174 valence electrons. The summed E-state index contributed by atoms with van der Waals surface area (Å²) in [6, 6.07) is 12.1. The van der Waals surface area contributed by atoms with E-state index in [0.29, 0.717) is 50.8 Å². The standard InChI is InChI=1S/C26H17F3N4O2/c27-17-5-16(9-31-10-17)14-2-4-23-18(6-14)26(13-34-12-25(30)33-26)19-8-22(32-11-24(19)35-23)15-1-3-20(28)21(29)7-15/h1-11H,12-13H2,(H2,30,33)/t26-/m0/s1. The molecular formula is C26H17F3N4O2. The van der Waals surface area contributed by atoms with Crippen molar-refractivity contribution in [3.8, 4) is 33.9 Å². The molecule has 2 aliphatic rings. The van der Waals surface area contributed by atoms with Crippen molar-refractivity contribution in [3.05, 3.63) is 95.7 Å². The smallest absolute Gasteiger partial charge is 0.159 e. The quantitative estimate of drug-likeness (QED) is 0.444. The molecule has 0 aliphatic carbocycles. The summed E-state index contributed by atoms with van der Waals surface area (Å²) in [4.78, 5) is 13.1. The van der Waals surface area contributed by atoms with Crippen LogP contribution in [0.25, 0.3) is 22.4 Å². The Morgan fingerprint density at radius 2 is 1.63 bits per heavy atom. The fourth-order valence-corrected chi connectivity index (χ4v) is 4.50. The lowest BCUT2D eigenvalue weighted by Crippen LogP contribution is -2.42. The van der Waals surface area contributed by atoms with Gasteiger partial charge in [0, 0.05) is 28.5 Å². The number of nitrogens with zero attached hydrogens (tertiary/aromatic N) is 3. The van der Waals surface area contributed by atoms with Crippen molar-refractivity contribution in [2.45, 2.75) is 5.54 Å². The minimum absolute atomic E-state index is 0.156. The zero-order valence-electron chi connectivity index (χ0n) is 18.1. The maximum Gasteiger partial charge on any atom is 0.159 e. The number of pyridine rings is 2. The first-order chi connectivity index (χ1) is 16.9. The number of aromatic nitrogens is 2. The number of hydrogen-bond donors (Lipinski definition) is 1. The molecule has 2 aliphatic heterocycles. The molecule has 0 saturated carbocycles. The average molecular weight is 474 g/mol. The van der Waals surface area contributed by atoms with Gasteiger partial charge < -0.3 is 15.2 Å². The predicted molar refractivity (Wildman–Crippen MR) is 123 cm³/mol. The first kappa shape index (κ1) is 21.3. The molecule has 4 heterocycles. The van der Waals surface area contributed by atoms with Crippen LogP contribution in [0.4, 0.5) is 13.2 Å². The van der Waals surface area contributed by atoms with Gasteiger partial charge in [0.15, 0.2) is 17.4 Å². The number of hydrogen-bond acceptors (Lipinski definition) is 6. The number of fused-ring (bicyclic) bond motifs is 4. The van der Waals surface area contributed by atoms with Crippen LogP contribution in [-0.4, -0.2) is 29.0 Å². The first-order valence-electron chi connectivity index (χ1n) is 10.7. The highest BCUT2D eigenvalue weighted by atomic mass is 19.2. The topological polar surface area (TPSA) is 82.6 Å². The molecule has 2 N–H and O–H groups in total. The summed E-state index contributed by atoms with van der Waals surface area (Å²) in [7, 11) is 0. The molecule has 1 atom stereocenters. The van der Waals surface area contributed by atoms with Crippen LogP contribution in [0.3, 0.4) is 0 Å². The predicted octanol–water partition coefficient (Wildman–Crippen LogP) is 4.96. The third kappa shape index (κ3) is 3.52. The maximum atomic E-state index is 13.9. The largest absolute Gasteiger partial charge is 0.455 e. The fraction of sp³-hybridized carbons (Fsp3) is 0.115. The van der Waals surface area contributed by atoms with Gasteiger partial charge in [0.05, 0.1) is 24.7 Å². The van der Waals surface area contributed by atoms with Crippen molar-refractivity contribution in [3.63, 3.8) is 0 Å². The number of halogens is 3. The van der Waals surface area contributed by atoms with E-state index in [1.165, 1.54) is 18.3 Å². The molecular weight excluding hydrogens is 457 g/mol. The van der Waals surface area contributed by atoms with Crippen LogP contribution >= 0.6 is 0 Å². The molecule has 0 radical (unpaired) electrons. The Hall–Kier alpha value is -4.24. The van der Waals surface area contributed by atoms with Crippen LogP contribution in [0.5, 0.6) is 11.5 Å². The SMILES string of the molecule is NC1=N[C@@]2(COC1)c1cc(-c3cncc(F)c3)ccc1Oc1cnc(-c3ccc(F)c(F)c3)cc12. The van der Waals surface area contributed by atoms with Crippen LogP contribution in [-0.2, 0) is 10.3 Å². The normalized spacial score (nSPS) is 18.4. The van der Waals surface area contributed by atoms with E-state index in [1.807, 2.05) is 6.07 Å². The highest BCUT2D eigenvalue weighted by Crippen LogP contribution is 2.51.